The highest BCUT2D eigenvalue weighted by atomic mass is 16.1. The number of benzene rings is 2. The molecule has 2 aromatic rings. The predicted octanol–water partition coefficient (Wildman–Crippen LogP) is 2.93. The normalized spacial score (nSPS) is 12.1. The van der Waals surface area contributed by atoms with Crippen molar-refractivity contribution in [2.24, 2.45) is 5.73 Å². The molecule has 0 radical (unpaired) electrons. The van der Waals surface area contributed by atoms with Crippen molar-refractivity contribution in [1.82, 2.24) is 5.32 Å². The Balaban J connectivity index is 2.26. The molecule has 0 aliphatic heterocycles. The Hall–Kier alpha value is -2.13. The van der Waals surface area contributed by atoms with Gasteiger partial charge in [-0.3, -0.25) is 10.1 Å². The molecule has 0 aliphatic rings. The minimum Gasteiger partial charge on any atom is -0.368 e. The zero-order valence-corrected chi connectivity index (χ0v) is 12.8. The number of amides is 1. The van der Waals surface area contributed by atoms with Crippen LogP contribution in [0.1, 0.15) is 33.9 Å². The van der Waals surface area contributed by atoms with Crippen LogP contribution >= 0.6 is 0 Å². The molecule has 0 saturated carbocycles. The van der Waals surface area contributed by atoms with Crippen molar-refractivity contribution in [1.29, 1.82) is 0 Å². The van der Waals surface area contributed by atoms with Crippen LogP contribution in [0.5, 0.6) is 0 Å². The van der Waals surface area contributed by atoms with E-state index in [9.17, 15) is 4.79 Å². The smallest absolute Gasteiger partial charge is 0.239 e. The number of primary amides is 1. The largest absolute Gasteiger partial charge is 0.368 e. The Morgan fingerprint density at radius 3 is 2.19 bits per heavy atom. The lowest BCUT2D eigenvalue weighted by Gasteiger charge is -2.21. The van der Waals surface area contributed by atoms with Crippen molar-refractivity contribution >= 4 is 5.91 Å². The maximum absolute atomic E-state index is 11.9. The maximum atomic E-state index is 11.9. The predicted molar refractivity (Wildman–Crippen MR) is 85.9 cm³/mol. The number of rotatable bonds is 5. The van der Waals surface area contributed by atoms with Gasteiger partial charge >= 0.3 is 0 Å². The van der Waals surface area contributed by atoms with Crippen LogP contribution < -0.4 is 11.1 Å². The van der Waals surface area contributed by atoms with Crippen LogP contribution in [-0.2, 0) is 11.3 Å². The molecule has 0 aromatic heterocycles. The average molecular weight is 282 g/mol. The summed E-state index contributed by atoms with van der Waals surface area (Å²) in [7, 11) is 0. The van der Waals surface area contributed by atoms with Crippen molar-refractivity contribution < 1.29 is 4.79 Å². The fourth-order valence-corrected chi connectivity index (χ4v) is 2.81. The van der Waals surface area contributed by atoms with E-state index in [-0.39, 0.29) is 5.91 Å². The quantitative estimate of drug-likeness (QED) is 0.886. The highest BCUT2D eigenvalue weighted by molar-refractivity contribution is 5.82. The van der Waals surface area contributed by atoms with Crippen molar-refractivity contribution in [2.75, 3.05) is 0 Å². The Bertz CT molecular complexity index is 612. The molecule has 1 atom stereocenters. The van der Waals surface area contributed by atoms with Gasteiger partial charge < -0.3 is 5.73 Å². The van der Waals surface area contributed by atoms with Crippen LogP contribution in [-0.4, -0.2) is 5.91 Å². The summed E-state index contributed by atoms with van der Waals surface area (Å²) >= 11 is 0. The summed E-state index contributed by atoms with van der Waals surface area (Å²) in [5.74, 6) is -0.346. The summed E-state index contributed by atoms with van der Waals surface area (Å²) in [6, 6.07) is 13.7. The molecule has 1 unspecified atom stereocenters. The van der Waals surface area contributed by atoms with E-state index in [1.807, 2.05) is 44.2 Å². The molecule has 1 amide bonds. The van der Waals surface area contributed by atoms with E-state index in [0.29, 0.717) is 6.54 Å². The highest BCUT2D eigenvalue weighted by Gasteiger charge is 2.21. The minimum absolute atomic E-state index is 0.346. The van der Waals surface area contributed by atoms with Crippen LogP contribution in [0.25, 0.3) is 0 Å². The van der Waals surface area contributed by atoms with E-state index in [1.54, 1.807) is 0 Å². The number of aryl methyl sites for hydroxylation is 3. The Kier molecular flexibility index (Phi) is 4.76. The topological polar surface area (TPSA) is 55.1 Å². The number of hydrogen-bond donors (Lipinski definition) is 2. The van der Waals surface area contributed by atoms with Crippen LogP contribution in [0.3, 0.4) is 0 Å². The second kappa shape index (κ2) is 6.55. The second-order valence-corrected chi connectivity index (χ2v) is 5.51. The Labute approximate surface area is 126 Å². The molecule has 21 heavy (non-hydrogen) atoms. The van der Waals surface area contributed by atoms with Gasteiger partial charge in [0.2, 0.25) is 5.91 Å². The molecule has 110 valence electrons. The van der Waals surface area contributed by atoms with Gasteiger partial charge in [-0.1, -0.05) is 48.0 Å². The van der Waals surface area contributed by atoms with Crippen LogP contribution in [0, 0.1) is 20.8 Å². The van der Waals surface area contributed by atoms with Crippen LogP contribution in [0.15, 0.2) is 42.5 Å². The molecule has 2 rings (SSSR count). The highest BCUT2D eigenvalue weighted by Crippen LogP contribution is 2.24. The van der Waals surface area contributed by atoms with Gasteiger partial charge in [-0.15, -0.1) is 0 Å². The molecule has 0 fully saturated rings. The molecular weight excluding hydrogens is 260 g/mol. The minimum atomic E-state index is -0.467. The first-order valence-electron chi connectivity index (χ1n) is 7.13. The van der Waals surface area contributed by atoms with Crippen molar-refractivity contribution in [3.8, 4) is 0 Å². The van der Waals surface area contributed by atoms with E-state index >= 15 is 0 Å². The molecular formula is C18H22N2O. The zero-order chi connectivity index (χ0) is 15.4. The molecule has 0 bridgehead atoms. The first kappa shape index (κ1) is 15.3. The summed E-state index contributed by atoms with van der Waals surface area (Å²) in [6.07, 6.45) is 0. The molecule has 0 heterocycles. The molecule has 3 nitrogen and oxygen atoms in total. The molecule has 0 saturated heterocycles. The third-order valence-corrected chi connectivity index (χ3v) is 3.66. The van der Waals surface area contributed by atoms with Crippen molar-refractivity contribution in [2.45, 2.75) is 33.4 Å². The fraction of sp³-hybridized carbons (Fsp3) is 0.278. The van der Waals surface area contributed by atoms with E-state index in [2.05, 4.69) is 24.4 Å². The van der Waals surface area contributed by atoms with Crippen LogP contribution in [0.2, 0.25) is 0 Å². The third kappa shape index (κ3) is 3.70. The van der Waals surface area contributed by atoms with Crippen LogP contribution in [0.4, 0.5) is 0 Å². The van der Waals surface area contributed by atoms with E-state index in [4.69, 9.17) is 5.73 Å². The molecule has 0 aliphatic carbocycles. The first-order valence-corrected chi connectivity index (χ1v) is 7.13. The number of nitrogens with two attached hydrogens (primary N) is 1. The maximum Gasteiger partial charge on any atom is 0.239 e. The lowest BCUT2D eigenvalue weighted by Crippen LogP contribution is -2.34. The van der Waals surface area contributed by atoms with Gasteiger partial charge in [-0.25, -0.2) is 0 Å². The lowest BCUT2D eigenvalue weighted by atomic mass is 9.93. The molecule has 3 N–H and O–H groups in total. The summed E-state index contributed by atoms with van der Waals surface area (Å²) in [5.41, 5.74) is 11.1. The molecule has 3 heteroatoms. The second-order valence-electron chi connectivity index (χ2n) is 5.51. The SMILES string of the molecule is Cc1cc(C)c(C(NCc2ccccc2)C(N)=O)c(C)c1. The van der Waals surface area contributed by atoms with Crippen molar-refractivity contribution in [3.05, 3.63) is 70.3 Å². The standard InChI is InChI=1S/C18H22N2O/c1-12-9-13(2)16(14(3)10-12)17(18(19)21)20-11-15-7-5-4-6-8-15/h4-10,17,20H,11H2,1-3H3,(H2,19,21). The van der Waals surface area contributed by atoms with E-state index in [1.165, 1.54) is 5.56 Å². The van der Waals surface area contributed by atoms with Gasteiger partial charge in [0.25, 0.3) is 0 Å². The average Bonchev–Trinajstić information content (AvgIpc) is 2.42. The van der Waals surface area contributed by atoms with Gasteiger partial charge in [0, 0.05) is 6.54 Å². The molecule has 0 spiro atoms. The summed E-state index contributed by atoms with van der Waals surface area (Å²) in [4.78, 5) is 11.9. The first-order chi connectivity index (χ1) is 9.99. The molecule has 2 aromatic carbocycles. The fourth-order valence-electron chi connectivity index (χ4n) is 2.81. The number of carbonyl (C=O) groups excluding carboxylic acids is 1. The van der Waals surface area contributed by atoms with E-state index in [0.717, 1.165) is 22.3 Å². The Morgan fingerprint density at radius 2 is 1.67 bits per heavy atom. The van der Waals surface area contributed by atoms with Gasteiger partial charge in [-0.05, 0) is 43.0 Å². The number of nitrogens with one attached hydrogen (secondary N) is 1. The lowest BCUT2D eigenvalue weighted by molar-refractivity contribution is -0.120. The Morgan fingerprint density at radius 1 is 1.10 bits per heavy atom. The van der Waals surface area contributed by atoms with Gasteiger partial charge in [0.05, 0.1) is 0 Å². The zero-order valence-electron chi connectivity index (χ0n) is 12.8. The number of hydrogen-bond acceptors (Lipinski definition) is 2. The third-order valence-electron chi connectivity index (χ3n) is 3.66. The van der Waals surface area contributed by atoms with Crippen molar-refractivity contribution in [3.63, 3.8) is 0 Å². The summed E-state index contributed by atoms with van der Waals surface area (Å²) in [6.45, 7) is 6.71. The monoisotopic (exact) mass is 282 g/mol. The number of carbonyl (C=O) groups is 1. The summed E-state index contributed by atoms with van der Waals surface area (Å²) in [5, 5.41) is 3.28. The van der Waals surface area contributed by atoms with Gasteiger partial charge in [0.1, 0.15) is 6.04 Å². The summed E-state index contributed by atoms with van der Waals surface area (Å²) < 4.78 is 0. The van der Waals surface area contributed by atoms with Gasteiger partial charge in [-0.2, -0.15) is 0 Å². The van der Waals surface area contributed by atoms with E-state index < -0.39 is 6.04 Å². The van der Waals surface area contributed by atoms with Gasteiger partial charge in [0.15, 0.2) is 0 Å².